The van der Waals surface area contributed by atoms with Crippen molar-refractivity contribution >= 4 is 57.5 Å². The second-order valence-corrected chi connectivity index (χ2v) is 10.2. The Labute approximate surface area is 216 Å². The van der Waals surface area contributed by atoms with E-state index in [1.807, 2.05) is 6.07 Å². The van der Waals surface area contributed by atoms with Crippen molar-refractivity contribution in [3.05, 3.63) is 75.7 Å². The number of benzene rings is 2. The molecular formula is C26H24N2O6S2. The number of thioether (sulfide) groups is 1. The van der Waals surface area contributed by atoms with Gasteiger partial charge in [0.1, 0.15) is 5.00 Å². The number of carbonyl (C=O) groups excluding carboxylic acids is 3. The fourth-order valence-electron chi connectivity index (χ4n) is 4.01. The highest BCUT2D eigenvalue weighted by Crippen LogP contribution is 2.38. The van der Waals surface area contributed by atoms with Crippen LogP contribution in [0.3, 0.4) is 0 Å². The molecule has 4 rings (SSSR count). The molecule has 0 atom stereocenters. The van der Waals surface area contributed by atoms with Crippen molar-refractivity contribution in [1.29, 1.82) is 0 Å². The molecular weight excluding hydrogens is 500 g/mol. The Hall–Kier alpha value is -3.63. The molecule has 2 amide bonds. The quantitative estimate of drug-likeness (QED) is 0.277. The molecule has 0 saturated carbocycles. The highest BCUT2D eigenvalue weighted by Gasteiger charge is 2.27. The molecule has 1 aliphatic rings. The molecule has 36 heavy (non-hydrogen) atoms. The lowest BCUT2D eigenvalue weighted by Gasteiger charge is -2.11. The molecule has 0 saturated heterocycles. The van der Waals surface area contributed by atoms with Gasteiger partial charge in [-0.2, -0.15) is 0 Å². The number of fused-ring (bicyclic) bond motifs is 1. The van der Waals surface area contributed by atoms with E-state index in [-0.39, 0.29) is 22.8 Å². The highest BCUT2D eigenvalue weighted by atomic mass is 32.2. The molecule has 0 unspecified atom stereocenters. The number of aryl methyl sites for hydroxylation is 1. The summed E-state index contributed by atoms with van der Waals surface area (Å²) in [6.07, 6.45) is 3.76. The number of esters is 1. The molecule has 0 fully saturated rings. The SMILES string of the molecule is COC(=O)c1c(NC(=O)CSc2cccc(NC(=O)c3ccccc3C(=O)O)c2)sc2c1CCCC2. The molecule has 1 heterocycles. The minimum atomic E-state index is -1.18. The summed E-state index contributed by atoms with van der Waals surface area (Å²) in [4.78, 5) is 51.0. The van der Waals surface area contributed by atoms with E-state index in [9.17, 15) is 24.3 Å². The van der Waals surface area contributed by atoms with E-state index in [0.717, 1.165) is 41.0 Å². The maximum absolute atomic E-state index is 12.7. The summed E-state index contributed by atoms with van der Waals surface area (Å²) in [5.74, 6) is -2.32. The standard InChI is InChI=1S/C26H24N2O6S2/c1-34-26(33)22-19-11-4-5-12-20(19)36-24(22)28-21(29)14-35-16-8-6-7-15(13-16)27-23(30)17-9-2-3-10-18(17)25(31)32/h2-3,6-10,13H,4-5,11-12,14H2,1H3,(H,27,30)(H,28,29)(H,31,32). The summed E-state index contributed by atoms with van der Waals surface area (Å²) in [6.45, 7) is 0. The molecule has 0 spiro atoms. The maximum Gasteiger partial charge on any atom is 0.341 e. The zero-order valence-electron chi connectivity index (χ0n) is 19.5. The minimum Gasteiger partial charge on any atom is -0.478 e. The van der Waals surface area contributed by atoms with Gasteiger partial charge >= 0.3 is 11.9 Å². The largest absolute Gasteiger partial charge is 0.478 e. The Morgan fingerprint density at radius 2 is 1.75 bits per heavy atom. The molecule has 3 N–H and O–H groups in total. The fraction of sp³-hybridized carbons (Fsp3) is 0.231. The van der Waals surface area contributed by atoms with Gasteiger partial charge in [-0.05, 0) is 61.6 Å². The number of anilines is 2. The van der Waals surface area contributed by atoms with Crippen LogP contribution in [0.25, 0.3) is 0 Å². The third kappa shape index (κ3) is 5.77. The molecule has 1 aliphatic carbocycles. The van der Waals surface area contributed by atoms with E-state index in [0.29, 0.717) is 16.3 Å². The van der Waals surface area contributed by atoms with Crippen molar-refractivity contribution in [2.45, 2.75) is 30.6 Å². The first kappa shape index (κ1) is 25.5. The van der Waals surface area contributed by atoms with Gasteiger partial charge in [0.25, 0.3) is 5.91 Å². The summed E-state index contributed by atoms with van der Waals surface area (Å²) < 4.78 is 4.95. The first-order chi connectivity index (χ1) is 17.4. The third-order valence-electron chi connectivity index (χ3n) is 5.68. The Morgan fingerprint density at radius 3 is 2.50 bits per heavy atom. The fourth-order valence-corrected chi connectivity index (χ4v) is 6.06. The molecule has 186 valence electrons. The summed E-state index contributed by atoms with van der Waals surface area (Å²) in [7, 11) is 1.34. The van der Waals surface area contributed by atoms with Crippen molar-refractivity contribution in [1.82, 2.24) is 0 Å². The second kappa shape index (κ2) is 11.4. The number of carboxylic acid groups (broad SMARTS) is 1. The smallest absolute Gasteiger partial charge is 0.341 e. The van der Waals surface area contributed by atoms with Gasteiger partial charge in [0.15, 0.2) is 0 Å². The number of aromatic carboxylic acids is 1. The van der Waals surface area contributed by atoms with Crippen LogP contribution in [-0.4, -0.2) is 41.7 Å². The van der Waals surface area contributed by atoms with Gasteiger partial charge in [-0.3, -0.25) is 9.59 Å². The molecule has 0 bridgehead atoms. The van der Waals surface area contributed by atoms with Gasteiger partial charge < -0.3 is 20.5 Å². The Morgan fingerprint density at radius 1 is 1.00 bits per heavy atom. The average molecular weight is 525 g/mol. The lowest BCUT2D eigenvalue weighted by Crippen LogP contribution is -2.17. The van der Waals surface area contributed by atoms with E-state index in [4.69, 9.17) is 4.74 Å². The van der Waals surface area contributed by atoms with Gasteiger partial charge in [-0.1, -0.05) is 18.2 Å². The predicted molar refractivity (Wildman–Crippen MR) is 139 cm³/mol. The van der Waals surface area contributed by atoms with Crippen molar-refractivity contribution in [2.24, 2.45) is 0 Å². The predicted octanol–water partition coefficient (Wildman–Crippen LogP) is 5.09. The monoisotopic (exact) mass is 524 g/mol. The Bertz CT molecular complexity index is 1330. The molecule has 0 aliphatic heterocycles. The van der Waals surface area contributed by atoms with Gasteiger partial charge in [-0.25, -0.2) is 9.59 Å². The number of carboxylic acids is 1. The van der Waals surface area contributed by atoms with Crippen molar-refractivity contribution < 1.29 is 29.0 Å². The lowest BCUT2D eigenvalue weighted by atomic mass is 9.95. The molecule has 1 aromatic heterocycles. The number of amides is 2. The topological polar surface area (TPSA) is 122 Å². The summed E-state index contributed by atoms with van der Waals surface area (Å²) in [5.41, 5.74) is 1.89. The molecule has 10 heteroatoms. The van der Waals surface area contributed by atoms with E-state index in [1.165, 1.54) is 42.3 Å². The van der Waals surface area contributed by atoms with Crippen LogP contribution in [0, 0.1) is 0 Å². The summed E-state index contributed by atoms with van der Waals surface area (Å²) in [6, 6.07) is 12.9. The maximum atomic E-state index is 12.7. The van der Waals surface area contributed by atoms with Crippen LogP contribution < -0.4 is 10.6 Å². The van der Waals surface area contributed by atoms with Crippen molar-refractivity contribution in [2.75, 3.05) is 23.5 Å². The normalized spacial score (nSPS) is 12.4. The lowest BCUT2D eigenvalue weighted by molar-refractivity contribution is -0.113. The van der Waals surface area contributed by atoms with Crippen LogP contribution in [0.5, 0.6) is 0 Å². The number of hydrogen-bond donors (Lipinski definition) is 3. The number of ether oxygens (including phenoxy) is 1. The van der Waals surface area contributed by atoms with Crippen LogP contribution in [0.4, 0.5) is 10.7 Å². The van der Waals surface area contributed by atoms with Gasteiger partial charge in [0.05, 0.1) is 29.6 Å². The van der Waals surface area contributed by atoms with Crippen LogP contribution in [0.2, 0.25) is 0 Å². The Balaban J connectivity index is 1.41. The van der Waals surface area contributed by atoms with Gasteiger partial charge in [0.2, 0.25) is 5.91 Å². The second-order valence-electron chi connectivity index (χ2n) is 8.08. The van der Waals surface area contributed by atoms with Gasteiger partial charge in [0, 0.05) is 15.5 Å². The van der Waals surface area contributed by atoms with Gasteiger partial charge in [-0.15, -0.1) is 23.1 Å². The Kier molecular flexibility index (Phi) is 8.07. The first-order valence-electron chi connectivity index (χ1n) is 11.3. The van der Waals surface area contributed by atoms with Crippen molar-refractivity contribution in [3.8, 4) is 0 Å². The van der Waals surface area contributed by atoms with E-state index in [2.05, 4.69) is 10.6 Å². The summed E-state index contributed by atoms with van der Waals surface area (Å²) >= 11 is 2.71. The average Bonchev–Trinajstić information content (AvgIpc) is 3.24. The highest BCUT2D eigenvalue weighted by molar-refractivity contribution is 8.00. The summed E-state index contributed by atoms with van der Waals surface area (Å²) in [5, 5.41) is 15.4. The molecule has 3 aromatic rings. The number of carbonyl (C=O) groups is 4. The number of nitrogens with one attached hydrogen (secondary N) is 2. The van der Waals surface area contributed by atoms with Crippen LogP contribution in [-0.2, 0) is 22.4 Å². The molecule has 8 nitrogen and oxygen atoms in total. The van der Waals surface area contributed by atoms with E-state index < -0.39 is 17.8 Å². The van der Waals surface area contributed by atoms with Crippen LogP contribution in [0.1, 0.15) is 54.4 Å². The zero-order valence-corrected chi connectivity index (χ0v) is 21.1. The zero-order chi connectivity index (χ0) is 25.7. The first-order valence-corrected chi connectivity index (χ1v) is 13.1. The van der Waals surface area contributed by atoms with E-state index >= 15 is 0 Å². The number of rotatable bonds is 8. The minimum absolute atomic E-state index is 0.0579. The van der Waals surface area contributed by atoms with Crippen LogP contribution in [0.15, 0.2) is 53.4 Å². The van der Waals surface area contributed by atoms with Crippen LogP contribution >= 0.6 is 23.1 Å². The van der Waals surface area contributed by atoms with E-state index in [1.54, 1.807) is 30.3 Å². The molecule has 2 aromatic carbocycles. The number of methoxy groups -OCH3 is 1. The number of hydrogen-bond acceptors (Lipinski definition) is 7. The number of thiophene rings is 1. The van der Waals surface area contributed by atoms with Crippen molar-refractivity contribution in [3.63, 3.8) is 0 Å². The molecule has 0 radical (unpaired) electrons. The third-order valence-corrected chi connectivity index (χ3v) is 7.88.